The van der Waals surface area contributed by atoms with Gasteiger partial charge in [0.05, 0.1) is 19.9 Å². The Morgan fingerprint density at radius 1 is 1.27 bits per heavy atom. The van der Waals surface area contributed by atoms with Crippen molar-refractivity contribution in [2.24, 2.45) is 5.92 Å². The molecule has 0 aliphatic carbocycles. The summed E-state index contributed by atoms with van der Waals surface area (Å²) in [6.07, 6.45) is 0. The van der Waals surface area contributed by atoms with Gasteiger partial charge in [-0.1, -0.05) is 13.8 Å². The van der Waals surface area contributed by atoms with E-state index in [9.17, 15) is 4.79 Å². The molecule has 0 atom stereocenters. The van der Waals surface area contributed by atoms with Gasteiger partial charge in [-0.15, -0.1) is 11.3 Å². The first kappa shape index (κ1) is 16.3. The summed E-state index contributed by atoms with van der Waals surface area (Å²) in [6.45, 7) is 5.63. The van der Waals surface area contributed by atoms with Crippen LogP contribution in [-0.4, -0.2) is 25.1 Å². The van der Waals surface area contributed by atoms with Crippen LogP contribution in [0.15, 0.2) is 17.5 Å². The number of aromatic nitrogens is 1. The Kier molecular flexibility index (Phi) is 5.03. The number of benzene rings is 1. The van der Waals surface area contributed by atoms with Gasteiger partial charge in [0.25, 0.3) is 0 Å². The van der Waals surface area contributed by atoms with E-state index < -0.39 is 0 Å². The molecule has 22 heavy (non-hydrogen) atoms. The highest BCUT2D eigenvalue weighted by molar-refractivity contribution is 7.14. The highest BCUT2D eigenvalue weighted by Crippen LogP contribution is 2.38. The molecule has 0 saturated carbocycles. The molecule has 2 rings (SSSR count). The van der Waals surface area contributed by atoms with Crippen LogP contribution in [0.5, 0.6) is 11.5 Å². The lowest BCUT2D eigenvalue weighted by Gasteiger charge is -2.13. The fourth-order valence-electron chi connectivity index (χ4n) is 2.06. The van der Waals surface area contributed by atoms with Gasteiger partial charge in [-0.25, -0.2) is 4.98 Å². The average Bonchev–Trinajstić information content (AvgIpc) is 2.95. The Hall–Kier alpha value is -2.08. The van der Waals surface area contributed by atoms with E-state index in [4.69, 9.17) is 9.47 Å². The fourth-order valence-corrected chi connectivity index (χ4v) is 2.78. The van der Waals surface area contributed by atoms with Gasteiger partial charge in [0, 0.05) is 22.4 Å². The van der Waals surface area contributed by atoms with Crippen LogP contribution in [0.3, 0.4) is 0 Å². The maximum Gasteiger partial charge on any atom is 0.228 e. The van der Waals surface area contributed by atoms with Crippen molar-refractivity contribution in [1.29, 1.82) is 0 Å². The molecule has 0 aliphatic rings. The molecule has 0 radical (unpaired) electrons. The van der Waals surface area contributed by atoms with Crippen molar-refractivity contribution in [3.63, 3.8) is 0 Å². The summed E-state index contributed by atoms with van der Waals surface area (Å²) in [4.78, 5) is 16.2. The minimum absolute atomic E-state index is 0.0428. The summed E-state index contributed by atoms with van der Waals surface area (Å²) in [5.41, 5.74) is 2.57. The predicted molar refractivity (Wildman–Crippen MR) is 88.9 cm³/mol. The third-order valence-corrected chi connectivity index (χ3v) is 4.07. The van der Waals surface area contributed by atoms with Crippen molar-refractivity contribution in [3.8, 4) is 22.8 Å². The molecule has 0 bridgehead atoms. The van der Waals surface area contributed by atoms with Crippen LogP contribution >= 0.6 is 11.3 Å². The van der Waals surface area contributed by atoms with Gasteiger partial charge in [0.15, 0.2) is 5.13 Å². The maximum absolute atomic E-state index is 11.7. The van der Waals surface area contributed by atoms with E-state index in [0.717, 1.165) is 28.3 Å². The minimum atomic E-state index is -0.0786. The van der Waals surface area contributed by atoms with Gasteiger partial charge < -0.3 is 14.8 Å². The average molecular weight is 320 g/mol. The second-order valence-corrected chi connectivity index (χ2v) is 6.01. The van der Waals surface area contributed by atoms with Crippen molar-refractivity contribution in [1.82, 2.24) is 4.98 Å². The standard InChI is InChI=1S/C16H20N2O3S/c1-9(2)15(19)18-16-17-12(8-22-16)11-6-7-13(20-4)10(3)14(11)21-5/h6-9H,1-5H3,(H,17,18,19). The van der Waals surface area contributed by atoms with Crippen molar-refractivity contribution >= 4 is 22.4 Å². The van der Waals surface area contributed by atoms with Crippen LogP contribution in [0.1, 0.15) is 19.4 Å². The molecule has 118 valence electrons. The number of nitrogens with one attached hydrogen (secondary N) is 1. The van der Waals surface area contributed by atoms with E-state index in [1.54, 1.807) is 14.2 Å². The molecule has 0 unspecified atom stereocenters. The Morgan fingerprint density at radius 2 is 2.00 bits per heavy atom. The summed E-state index contributed by atoms with van der Waals surface area (Å²) in [6, 6.07) is 3.80. The van der Waals surface area contributed by atoms with Gasteiger partial charge in [-0.05, 0) is 19.1 Å². The minimum Gasteiger partial charge on any atom is -0.496 e. The van der Waals surface area contributed by atoms with Gasteiger partial charge in [-0.3, -0.25) is 4.79 Å². The third kappa shape index (κ3) is 3.22. The lowest BCUT2D eigenvalue weighted by Crippen LogP contribution is -2.17. The molecule has 1 heterocycles. The monoisotopic (exact) mass is 320 g/mol. The zero-order valence-electron chi connectivity index (χ0n) is 13.4. The van der Waals surface area contributed by atoms with Gasteiger partial charge in [-0.2, -0.15) is 0 Å². The zero-order valence-corrected chi connectivity index (χ0v) is 14.2. The smallest absolute Gasteiger partial charge is 0.228 e. The maximum atomic E-state index is 11.7. The molecular formula is C16H20N2O3S. The first-order chi connectivity index (χ1) is 10.5. The molecule has 1 aromatic heterocycles. The lowest BCUT2D eigenvalue weighted by atomic mass is 10.1. The topological polar surface area (TPSA) is 60.5 Å². The second kappa shape index (κ2) is 6.79. The number of methoxy groups -OCH3 is 2. The summed E-state index contributed by atoms with van der Waals surface area (Å²) in [7, 11) is 3.25. The number of hydrogen-bond donors (Lipinski definition) is 1. The van der Waals surface area contributed by atoms with E-state index in [0.29, 0.717) is 5.13 Å². The van der Waals surface area contributed by atoms with Crippen LogP contribution in [0.4, 0.5) is 5.13 Å². The van der Waals surface area contributed by atoms with Crippen molar-refractivity contribution < 1.29 is 14.3 Å². The van der Waals surface area contributed by atoms with Crippen LogP contribution < -0.4 is 14.8 Å². The van der Waals surface area contributed by atoms with Crippen LogP contribution in [0, 0.1) is 12.8 Å². The number of anilines is 1. The molecule has 5 nitrogen and oxygen atoms in total. The number of carbonyl (C=O) groups is 1. The van der Waals surface area contributed by atoms with Crippen LogP contribution in [-0.2, 0) is 4.79 Å². The van der Waals surface area contributed by atoms with Crippen molar-refractivity contribution in [2.75, 3.05) is 19.5 Å². The molecule has 6 heteroatoms. The first-order valence-corrected chi connectivity index (χ1v) is 7.84. The number of amides is 1. The van der Waals surface area contributed by atoms with E-state index in [1.807, 2.05) is 38.3 Å². The fraction of sp³-hybridized carbons (Fsp3) is 0.375. The van der Waals surface area contributed by atoms with Crippen molar-refractivity contribution in [2.45, 2.75) is 20.8 Å². The SMILES string of the molecule is COc1ccc(-c2csc(NC(=O)C(C)C)n2)c(OC)c1C. The normalized spacial score (nSPS) is 10.6. The van der Waals surface area contributed by atoms with Crippen LogP contribution in [0.25, 0.3) is 11.3 Å². The second-order valence-electron chi connectivity index (χ2n) is 5.16. The van der Waals surface area contributed by atoms with Crippen molar-refractivity contribution in [3.05, 3.63) is 23.1 Å². The Morgan fingerprint density at radius 3 is 2.59 bits per heavy atom. The molecular weight excluding hydrogens is 300 g/mol. The summed E-state index contributed by atoms with van der Waals surface area (Å²) < 4.78 is 10.8. The number of thiazole rings is 1. The van der Waals surface area contributed by atoms with Gasteiger partial charge >= 0.3 is 0 Å². The Bertz CT molecular complexity index is 680. The van der Waals surface area contributed by atoms with E-state index in [-0.39, 0.29) is 11.8 Å². The quantitative estimate of drug-likeness (QED) is 0.912. The number of ether oxygens (including phenoxy) is 2. The van der Waals surface area contributed by atoms with E-state index in [1.165, 1.54) is 11.3 Å². The molecule has 0 saturated heterocycles. The molecule has 0 spiro atoms. The number of rotatable bonds is 5. The summed E-state index contributed by atoms with van der Waals surface area (Å²) in [5, 5.41) is 5.30. The molecule has 0 aliphatic heterocycles. The number of hydrogen-bond acceptors (Lipinski definition) is 5. The van der Waals surface area contributed by atoms with Gasteiger partial charge in [0.2, 0.25) is 5.91 Å². The molecule has 1 amide bonds. The Balaban J connectivity index is 2.35. The molecule has 2 aromatic rings. The zero-order chi connectivity index (χ0) is 16.3. The lowest BCUT2D eigenvalue weighted by molar-refractivity contribution is -0.118. The summed E-state index contributed by atoms with van der Waals surface area (Å²) >= 11 is 1.40. The first-order valence-electron chi connectivity index (χ1n) is 6.96. The van der Waals surface area contributed by atoms with Gasteiger partial charge in [0.1, 0.15) is 11.5 Å². The van der Waals surface area contributed by atoms with E-state index >= 15 is 0 Å². The molecule has 0 fully saturated rings. The van der Waals surface area contributed by atoms with Crippen LogP contribution in [0.2, 0.25) is 0 Å². The highest BCUT2D eigenvalue weighted by Gasteiger charge is 2.16. The number of carbonyl (C=O) groups excluding carboxylic acids is 1. The van der Waals surface area contributed by atoms with E-state index in [2.05, 4.69) is 10.3 Å². The Labute approximate surface area is 134 Å². The molecule has 1 aromatic carbocycles. The predicted octanol–water partition coefficient (Wildman–Crippen LogP) is 3.73. The summed E-state index contributed by atoms with van der Waals surface area (Å²) in [5.74, 6) is 1.37. The number of nitrogens with zero attached hydrogens (tertiary/aromatic N) is 1. The largest absolute Gasteiger partial charge is 0.496 e. The molecule has 1 N–H and O–H groups in total. The highest BCUT2D eigenvalue weighted by atomic mass is 32.1. The third-order valence-electron chi connectivity index (χ3n) is 3.31.